The van der Waals surface area contributed by atoms with Gasteiger partial charge in [0, 0.05) is 11.4 Å². The Labute approximate surface area is 115 Å². The highest BCUT2D eigenvalue weighted by Gasteiger charge is 2.19. The average Bonchev–Trinajstić information content (AvgIpc) is 2.22. The predicted molar refractivity (Wildman–Crippen MR) is 77.2 cm³/mol. The third kappa shape index (κ3) is 4.69. The molecule has 3 heteroatoms. The number of amides is 1. The molecule has 0 atom stereocenters. The molecule has 0 saturated heterocycles. The highest BCUT2D eigenvalue weighted by atomic mass is 35.5. The summed E-state index contributed by atoms with van der Waals surface area (Å²) in [5, 5.41) is 3.02. The van der Waals surface area contributed by atoms with E-state index in [4.69, 9.17) is 11.6 Å². The molecule has 1 rings (SSSR count). The number of nitrogens with one attached hydrogen (secondary N) is 1. The highest BCUT2D eigenvalue weighted by Crippen LogP contribution is 2.12. The summed E-state index contributed by atoms with van der Waals surface area (Å²) in [6.07, 6.45) is 1.19. The molecule has 100 valence electrons. The summed E-state index contributed by atoms with van der Waals surface area (Å²) in [6, 6.07) is 6.14. The first-order valence-corrected chi connectivity index (χ1v) is 6.80. The first-order chi connectivity index (χ1) is 8.34. The fourth-order valence-electron chi connectivity index (χ4n) is 1.82. The van der Waals surface area contributed by atoms with Crippen molar-refractivity contribution in [2.75, 3.05) is 5.88 Å². The van der Waals surface area contributed by atoms with Crippen LogP contribution in [-0.2, 0) is 11.2 Å². The second-order valence-corrected chi connectivity index (χ2v) is 5.84. The summed E-state index contributed by atoms with van der Waals surface area (Å²) in [5.74, 6) is 0.602. The number of alkyl halides is 1. The molecule has 0 heterocycles. The van der Waals surface area contributed by atoms with Crippen LogP contribution in [0.1, 0.15) is 37.0 Å². The molecular formula is C15H22ClNO. The van der Waals surface area contributed by atoms with Gasteiger partial charge in [-0.1, -0.05) is 18.2 Å². The zero-order chi connectivity index (χ0) is 13.8. The Kier molecular flexibility index (Phi) is 5.21. The van der Waals surface area contributed by atoms with Gasteiger partial charge in [-0.3, -0.25) is 4.79 Å². The van der Waals surface area contributed by atoms with Gasteiger partial charge in [0.2, 0.25) is 5.91 Å². The Bertz CT molecular complexity index is 427. The molecule has 2 nitrogen and oxygen atoms in total. The fourth-order valence-corrected chi connectivity index (χ4v) is 2.29. The molecule has 1 aromatic carbocycles. The van der Waals surface area contributed by atoms with Gasteiger partial charge >= 0.3 is 0 Å². The lowest BCUT2D eigenvalue weighted by atomic mass is 10.0. The Morgan fingerprint density at radius 2 is 1.94 bits per heavy atom. The van der Waals surface area contributed by atoms with Gasteiger partial charge in [-0.25, -0.2) is 0 Å². The van der Waals surface area contributed by atoms with Gasteiger partial charge in [-0.15, -0.1) is 11.6 Å². The van der Waals surface area contributed by atoms with Crippen LogP contribution < -0.4 is 5.32 Å². The summed E-state index contributed by atoms with van der Waals surface area (Å²) in [7, 11) is 0. The monoisotopic (exact) mass is 267 g/mol. The molecule has 0 radical (unpaired) electrons. The van der Waals surface area contributed by atoms with E-state index >= 15 is 0 Å². The second kappa shape index (κ2) is 6.24. The van der Waals surface area contributed by atoms with E-state index in [-0.39, 0.29) is 11.4 Å². The zero-order valence-corrected chi connectivity index (χ0v) is 12.4. The van der Waals surface area contributed by atoms with E-state index in [2.05, 4.69) is 31.3 Å². The average molecular weight is 268 g/mol. The third-order valence-corrected chi connectivity index (χ3v) is 3.32. The number of carbonyl (C=O) groups is 1. The molecule has 0 aliphatic rings. The van der Waals surface area contributed by atoms with Crippen molar-refractivity contribution in [1.82, 2.24) is 5.32 Å². The molecule has 1 N–H and O–H groups in total. The summed E-state index contributed by atoms with van der Waals surface area (Å²) in [5.41, 5.74) is 3.29. The van der Waals surface area contributed by atoms with E-state index in [0.717, 1.165) is 12.0 Å². The van der Waals surface area contributed by atoms with E-state index in [1.807, 2.05) is 19.9 Å². The lowest BCUT2D eigenvalue weighted by Gasteiger charge is -2.25. The van der Waals surface area contributed by atoms with Crippen molar-refractivity contribution >= 4 is 17.5 Å². The van der Waals surface area contributed by atoms with Crippen molar-refractivity contribution < 1.29 is 4.79 Å². The molecule has 0 aromatic heterocycles. The topological polar surface area (TPSA) is 29.1 Å². The molecule has 0 aliphatic carbocycles. The summed E-state index contributed by atoms with van der Waals surface area (Å²) < 4.78 is 0. The Balaban J connectivity index is 2.62. The minimum Gasteiger partial charge on any atom is -0.351 e. The minimum absolute atomic E-state index is 0.0494. The number of halogens is 1. The van der Waals surface area contributed by atoms with Crippen LogP contribution in [0.4, 0.5) is 0 Å². The summed E-state index contributed by atoms with van der Waals surface area (Å²) in [4.78, 5) is 11.9. The summed E-state index contributed by atoms with van der Waals surface area (Å²) in [6.45, 7) is 8.12. The van der Waals surface area contributed by atoms with Gasteiger partial charge in [0.15, 0.2) is 0 Å². The van der Waals surface area contributed by atoms with Crippen molar-refractivity contribution in [3.63, 3.8) is 0 Å². The molecule has 0 spiro atoms. The van der Waals surface area contributed by atoms with Gasteiger partial charge in [0.05, 0.1) is 6.42 Å². The molecule has 0 saturated carbocycles. The third-order valence-electron chi connectivity index (χ3n) is 3.13. The smallest absolute Gasteiger partial charge is 0.224 e. The standard InChI is InChI=1S/C15H22ClNO/c1-11-5-6-13(9-12(11)2)10-14(18)17-15(3,4)7-8-16/h5-6,9H,7-8,10H2,1-4H3,(H,17,18). The Morgan fingerprint density at radius 3 is 2.50 bits per heavy atom. The molecule has 0 fully saturated rings. The number of benzene rings is 1. The first-order valence-electron chi connectivity index (χ1n) is 6.27. The summed E-state index contributed by atoms with van der Waals surface area (Å²) >= 11 is 5.72. The van der Waals surface area contributed by atoms with Gasteiger partial charge in [-0.05, 0) is 50.8 Å². The fraction of sp³-hybridized carbons (Fsp3) is 0.533. The molecule has 18 heavy (non-hydrogen) atoms. The SMILES string of the molecule is Cc1ccc(CC(=O)NC(C)(C)CCCl)cc1C. The van der Waals surface area contributed by atoms with E-state index in [1.54, 1.807) is 0 Å². The van der Waals surface area contributed by atoms with Gasteiger partial charge in [-0.2, -0.15) is 0 Å². The molecular weight excluding hydrogens is 246 g/mol. The lowest BCUT2D eigenvalue weighted by molar-refractivity contribution is -0.122. The van der Waals surface area contributed by atoms with Gasteiger partial charge < -0.3 is 5.32 Å². The number of hydrogen-bond donors (Lipinski definition) is 1. The second-order valence-electron chi connectivity index (χ2n) is 5.47. The van der Waals surface area contributed by atoms with Crippen LogP contribution in [0, 0.1) is 13.8 Å². The predicted octanol–water partition coefficient (Wildman–Crippen LogP) is 3.37. The maximum absolute atomic E-state index is 11.9. The van der Waals surface area contributed by atoms with E-state index in [1.165, 1.54) is 11.1 Å². The van der Waals surface area contributed by atoms with E-state index in [9.17, 15) is 4.79 Å². The quantitative estimate of drug-likeness (QED) is 0.815. The maximum Gasteiger partial charge on any atom is 0.224 e. The first kappa shape index (κ1) is 15.0. The molecule has 0 bridgehead atoms. The lowest BCUT2D eigenvalue weighted by Crippen LogP contribution is -2.44. The zero-order valence-electron chi connectivity index (χ0n) is 11.6. The van der Waals surface area contributed by atoms with Crippen molar-refractivity contribution in [1.29, 1.82) is 0 Å². The van der Waals surface area contributed by atoms with Gasteiger partial charge in [0.1, 0.15) is 0 Å². The van der Waals surface area contributed by atoms with Crippen LogP contribution in [0.15, 0.2) is 18.2 Å². The van der Waals surface area contributed by atoms with Crippen molar-refractivity contribution in [3.05, 3.63) is 34.9 Å². The van der Waals surface area contributed by atoms with Crippen LogP contribution in [0.3, 0.4) is 0 Å². The van der Waals surface area contributed by atoms with Gasteiger partial charge in [0.25, 0.3) is 0 Å². The van der Waals surface area contributed by atoms with E-state index in [0.29, 0.717) is 12.3 Å². The Morgan fingerprint density at radius 1 is 1.28 bits per heavy atom. The van der Waals surface area contributed by atoms with Crippen LogP contribution in [-0.4, -0.2) is 17.3 Å². The van der Waals surface area contributed by atoms with Crippen LogP contribution in [0.2, 0.25) is 0 Å². The molecule has 1 aromatic rings. The number of rotatable bonds is 5. The minimum atomic E-state index is -0.238. The Hall–Kier alpha value is -1.02. The largest absolute Gasteiger partial charge is 0.351 e. The van der Waals surface area contributed by atoms with E-state index < -0.39 is 0 Å². The maximum atomic E-state index is 11.9. The van der Waals surface area contributed by atoms with Crippen LogP contribution in [0.25, 0.3) is 0 Å². The van der Waals surface area contributed by atoms with Crippen molar-refractivity contribution in [2.24, 2.45) is 0 Å². The number of aryl methyl sites for hydroxylation is 2. The van der Waals surface area contributed by atoms with Crippen molar-refractivity contribution in [3.8, 4) is 0 Å². The molecule has 1 amide bonds. The van der Waals surface area contributed by atoms with Crippen LogP contribution in [0.5, 0.6) is 0 Å². The molecule has 0 aliphatic heterocycles. The number of carbonyl (C=O) groups excluding carboxylic acids is 1. The van der Waals surface area contributed by atoms with Crippen LogP contribution >= 0.6 is 11.6 Å². The normalized spacial score (nSPS) is 11.4. The highest BCUT2D eigenvalue weighted by molar-refractivity contribution is 6.17. The molecule has 0 unspecified atom stereocenters. The number of hydrogen-bond acceptors (Lipinski definition) is 1. The van der Waals surface area contributed by atoms with Crippen molar-refractivity contribution in [2.45, 2.75) is 46.1 Å².